The molecule has 0 saturated carbocycles. The number of amides is 3. The summed E-state index contributed by atoms with van der Waals surface area (Å²) in [5.41, 5.74) is 1.08. The fourth-order valence-electron chi connectivity index (χ4n) is 2.85. The normalized spacial score (nSPS) is 20.5. The molecule has 1 saturated heterocycles. The van der Waals surface area contributed by atoms with Crippen LogP contribution in [0.1, 0.15) is 36.5 Å². The van der Waals surface area contributed by atoms with Gasteiger partial charge >= 0.3 is 6.03 Å². The van der Waals surface area contributed by atoms with Crippen LogP contribution in [-0.2, 0) is 24.2 Å². The van der Waals surface area contributed by atoms with Crippen LogP contribution in [0, 0.1) is 0 Å². The third-order valence-corrected chi connectivity index (χ3v) is 5.37. The number of hydrogen-bond donors (Lipinski definition) is 1. The molecular formula is C18H21N3O2S. The Morgan fingerprint density at radius 1 is 1.25 bits per heavy atom. The fraction of sp³-hybridized carbons (Fsp3) is 0.389. The zero-order valence-electron chi connectivity index (χ0n) is 13.9. The Bertz CT molecular complexity index is 744. The number of nitrogens with zero attached hydrogens (tertiary/aromatic N) is 2. The average molecular weight is 343 g/mol. The number of imide groups is 1. The predicted octanol–water partition coefficient (Wildman–Crippen LogP) is 3.15. The van der Waals surface area contributed by atoms with E-state index in [0.29, 0.717) is 6.42 Å². The second-order valence-corrected chi connectivity index (χ2v) is 7.17. The minimum absolute atomic E-state index is 0.172. The molecule has 126 valence electrons. The first-order chi connectivity index (χ1) is 11.5. The van der Waals surface area contributed by atoms with Crippen LogP contribution in [-0.4, -0.2) is 27.4 Å². The minimum Gasteiger partial charge on any atom is -0.323 e. The van der Waals surface area contributed by atoms with E-state index in [-0.39, 0.29) is 18.5 Å². The lowest BCUT2D eigenvalue weighted by atomic mass is 9.93. The lowest BCUT2D eigenvalue weighted by Crippen LogP contribution is -2.44. The zero-order chi connectivity index (χ0) is 17.2. The number of hydrogen-bond acceptors (Lipinski definition) is 4. The van der Waals surface area contributed by atoms with E-state index >= 15 is 0 Å². The molecular weight excluding hydrogens is 322 g/mol. The molecule has 0 aliphatic carbocycles. The van der Waals surface area contributed by atoms with Crippen molar-refractivity contribution in [3.63, 3.8) is 0 Å². The number of urea groups is 1. The molecule has 1 atom stereocenters. The molecule has 3 rings (SSSR count). The number of aromatic nitrogens is 1. The Kier molecular flexibility index (Phi) is 4.66. The highest BCUT2D eigenvalue weighted by molar-refractivity contribution is 7.09. The summed E-state index contributed by atoms with van der Waals surface area (Å²) < 4.78 is 0. The van der Waals surface area contributed by atoms with Crippen LogP contribution in [0.4, 0.5) is 4.79 Å². The largest absolute Gasteiger partial charge is 0.325 e. The molecule has 5 nitrogen and oxygen atoms in total. The molecule has 3 amide bonds. The van der Waals surface area contributed by atoms with Gasteiger partial charge in [-0.1, -0.05) is 37.3 Å². The van der Waals surface area contributed by atoms with Crippen molar-refractivity contribution in [2.45, 2.75) is 45.2 Å². The lowest BCUT2D eigenvalue weighted by Gasteiger charge is -2.21. The van der Waals surface area contributed by atoms with E-state index in [1.807, 2.05) is 42.6 Å². The number of benzene rings is 1. The van der Waals surface area contributed by atoms with Crippen molar-refractivity contribution in [1.82, 2.24) is 15.2 Å². The summed E-state index contributed by atoms with van der Waals surface area (Å²) in [6, 6.07) is 9.66. The van der Waals surface area contributed by atoms with Crippen molar-refractivity contribution < 1.29 is 9.59 Å². The van der Waals surface area contributed by atoms with Gasteiger partial charge in [0.25, 0.3) is 5.91 Å². The number of nitrogens with one attached hydrogen (secondary N) is 1. The molecule has 0 spiro atoms. The quantitative estimate of drug-likeness (QED) is 0.820. The van der Waals surface area contributed by atoms with E-state index in [1.165, 1.54) is 4.90 Å². The molecule has 0 bridgehead atoms. The molecule has 1 fully saturated rings. The highest BCUT2D eigenvalue weighted by Gasteiger charge is 2.47. The number of aryl methyl sites for hydroxylation is 2. The number of thiazole rings is 1. The maximum atomic E-state index is 12.8. The summed E-state index contributed by atoms with van der Waals surface area (Å²) in [5, 5.41) is 5.79. The molecule has 1 aromatic carbocycles. The second kappa shape index (κ2) is 6.73. The van der Waals surface area contributed by atoms with Gasteiger partial charge in [-0.3, -0.25) is 9.69 Å². The fourth-order valence-corrected chi connectivity index (χ4v) is 3.58. The van der Waals surface area contributed by atoms with Gasteiger partial charge in [-0.2, -0.15) is 0 Å². The number of rotatable bonds is 6. The van der Waals surface area contributed by atoms with E-state index in [2.05, 4.69) is 10.3 Å². The molecule has 0 radical (unpaired) electrons. The SMILES string of the molecule is CCc1nc(CN2C(=O)N[C@](C)(CCc3ccccc3)C2=O)cs1. The van der Waals surface area contributed by atoms with Crippen LogP contribution in [0.3, 0.4) is 0 Å². The van der Waals surface area contributed by atoms with E-state index in [9.17, 15) is 9.59 Å². The molecule has 24 heavy (non-hydrogen) atoms. The van der Waals surface area contributed by atoms with Crippen molar-refractivity contribution in [1.29, 1.82) is 0 Å². The van der Waals surface area contributed by atoms with Crippen molar-refractivity contribution in [2.24, 2.45) is 0 Å². The van der Waals surface area contributed by atoms with Crippen molar-refractivity contribution >= 4 is 23.3 Å². The molecule has 2 heterocycles. The first-order valence-electron chi connectivity index (χ1n) is 8.13. The van der Waals surface area contributed by atoms with Gasteiger partial charge in [-0.15, -0.1) is 11.3 Å². The number of carbonyl (C=O) groups excluding carboxylic acids is 2. The highest BCUT2D eigenvalue weighted by Crippen LogP contribution is 2.25. The van der Waals surface area contributed by atoms with Gasteiger partial charge in [0, 0.05) is 5.38 Å². The molecule has 1 aliphatic rings. The molecule has 0 unspecified atom stereocenters. The third kappa shape index (κ3) is 3.33. The van der Waals surface area contributed by atoms with Gasteiger partial charge < -0.3 is 5.32 Å². The molecule has 6 heteroatoms. The Morgan fingerprint density at radius 2 is 2.00 bits per heavy atom. The summed E-state index contributed by atoms with van der Waals surface area (Å²) in [4.78, 5) is 30.7. The molecule has 1 aromatic heterocycles. The molecule has 1 N–H and O–H groups in total. The van der Waals surface area contributed by atoms with Crippen LogP contribution in [0.15, 0.2) is 35.7 Å². The van der Waals surface area contributed by atoms with Gasteiger partial charge in [0.15, 0.2) is 0 Å². The molecule has 2 aromatic rings. The van der Waals surface area contributed by atoms with Gasteiger partial charge in [-0.25, -0.2) is 9.78 Å². The summed E-state index contributed by atoms with van der Waals surface area (Å²) in [7, 11) is 0. The Balaban J connectivity index is 1.68. The maximum Gasteiger partial charge on any atom is 0.325 e. The summed E-state index contributed by atoms with van der Waals surface area (Å²) in [6.45, 7) is 4.08. The van der Waals surface area contributed by atoms with Gasteiger partial charge in [0.05, 0.1) is 17.2 Å². The predicted molar refractivity (Wildman–Crippen MR) is 93.7 cm³/mol. The Labute approximate surface area is 145 Å². The van der Waals surface area contributed by atoms with Crippen LogP contribution in [0.5, 0.6) is 0 Å². The van der Waals surface area contributed by atoms with Crippen LogP contribution in [0.25, 0.3) is 0 Å². The van der Waals surface area contributed by atoms with Gasteiger partial charge in [-0.05, 0) is 31.7 Å². The first kappa shape index (κ1) is 16.6. The van der Waals surface area contributed by atoms with Crippen LogP contribution < -0.4 is 5.32 Å². The molecule has 1 aliphatic heterocycles. The minimum atomic E-state index is -0.851. The standard InChI is InChI=1S/C18H21N3O2S/c1-3-15-19-14(12-24-15)11-21-16(22)18(2,20-17(21)23)10-9-13-7-5-4-6-8-13/h4-8,12H,3,9-11H2,1-2H3,(H,20,23)/t18-/m1/s1. The van der Waals surface area contributed by atoms with Gasteiger partial charge in [0.1, 0.15) is 5.54 Å². The smallest absolute Gasteiger partial charge is 0.323 e. The van der Waals surface area contributed by atoms with Gasteiger partial charge in [0.2, 0.25) is 0 Å². The first-order valence-corrected chi connectivity index (χ1v) is 9.01. The number of carbonyl (C=O) groups is 2. The monoisotopic (exact) mass is 343 g/mol. The van der Waals surface area contributed by atoms with E-state index in [1.54, 1.807) is 18.3 Å². The average Bonchev–Trinajstić information content (AvgIpc) is 3.13. The maximum absolute atomic E-state index is 12.8. The Hall–Kier alpha value is -2.21. The van der Waals surface area contributed by atoms with Crippen molar-refractivity contribution in [2.75, 3.05) is 0 Å². The Morgan fingerprint density at radius 3 is 2.67 bits per heavy atom. The van der Waals surface area contributed by atoms with Crippen LogP contribution >= 0.6 is 11.3 Å². The van der Waals surface area contributed by atoms with Crippen LogP contribution in [0.2, 0.25) is 0 Å². The second-order valence-electron chi connectivity index (χ2n) is 6.23. The third-order valence-electron chi connectivity index (χ3n) is 4.32. The highest BCUT2D eigenvalue weighted by atomic mass is 32.1. The van der Waals surface area contributed by atoms with E-state index in [0.717, 1.165) is 29.1 Å². The van der Waals surface area contributed by atoms with E-state index < -0.39 is 5.54 Å². The van der Waals surface area contributed by atoms with Crippen molar-refractivity contribution in [3.05, 3.63) is 52.0 Å². The zero-order valence-corrected chi connectivity index (χ0v) is 14.7. The lowest BCUT2D eigenvalue weighted by molar-refractivity contribution is -0.131. The van der Waals surface area contributed by atoms with Crippen molar-refractivity contribution in [3.8, 4) is 0 Å². The summed E-state index contributed by atoms with van der Waals surface area (Å²) in [5.74, 6) is -0.172. The topological polar surface area (TPSA) is 62.3 Å². The summed E-state index contributed by atoms with van der Waals surface area (Å²) in [6.07, 6.45) is 2.18. The van der Waals surface area contributed by atoms with E-state index in [4.69, 9.17) is 0 Å². The summed E-state index contributed by atoms with van der Waals surface area (Å²) >= 11 is 1.56.